The summed E-state index contributed by atoms with van der Waals surface area (Å²) in [5.41, 5.74) is 0.259. The third kappa shape index (κ3) is 6.06. The highest BCUT2D eigenvalue weighted by molar-refractivity contribution is 14.0. The summed E-state index contributed by atoms with van der Waals surface area (Å²) in [5.74, 6) is 0.482. The monoisotopic (exact) mass is 479 g/mol. The maximum atomic E-state index is 14.1. The SMILES string of the molecule is CN=C(NCC1(CCO)CCOC1)NCC(C)(C)c1ccccc1F.I. The lowest BCUT2D eigenvalue weighted by molar-refractivity contribution is 0.127. The predicted octanol–water partition coefficient (Wildman–Crippen LogP) is 2.68. The van der Waals surface area contributed by atoms with E-state index in [4.69, 9.17) is 4.74 Å². The number of aliphatic imine (C=N–C) groups is 1. The first-order chi connectivity index (χ1) is 11.9. The second-order valence-electron chi connectivity index (χ2n) is 7.42. The van der Waals surface area contributed by atoms with Gasteiger partial charge in [-0.05, 0) is 24.5 Å². The van der Waals surface area contributed by atoms with Crippen LogP contribution in [-0.2, 0) is 10.2 Å². The Labute approximate surface area is 172 Å². The third-order valence-corrected chi connectivity index (χ3v) is 4.98. The van der Waals surface area contributed by atoms with Gasteiger partial charge in [0.15, 0.2) is 5.96 Å². The van der Waals surface area contributed by atoms with Crippen LogP contribution in [0.4, 0.5) is 4.39 Å². The van der Waals surface area contributed by atoms with E-state index in [1.54, 1.807) is 13.1 Å². The molecule has 0 radical (unpaired) electrons. The van der Waals surface area contributed by atoms with Crippen molar-refractivity contribution >= 4 is 29.9 Å². The third-order valence-electron chi connectivity index (χ3n) is 4.98. The fraction of sp³-hybridized carbons (Fsp3) is 0.632. The van der Waals surface area contributed by atoms with Gasteiger partial charge in [-0.15, -0.1) is 24.0 Å². The van der Waals surface area contributed by atoms with Crippen molar-refractivity contribution in [1.82, 2.24) is 10.6 Å². The van der Waals surface area contributed by atoms with Crippen LogP contribution < -0.4 is 10.6 Å². The van der Waals surface area contributed by atoms with Gasteiger partial charge in [-0.1, -0.05) is 32.0 Å². The second kappa shape index (κ2) is 10.4. The number of nitrogens with one attached hydrogen (secondary N) is 2. The lowest BCUT2D eigenvalue weighted by atomic mass is 9.84. The van der Waals surface area contributed by atoms with Gasteiger partial charge >= 0.3 is 0 Å². The van der Waals surface area contributed by atoms with Crippen LogP contribution in [0.2, 0.25) is 0 Å². The molecule has 1 saturated heterocycles. The molecule has 0 spiro atoms. The highest BCUT2D eigenvalue weighted by atomic mass is 127. The highest BCUT2D eigenvalue weighted by Gasteiger charge is 2.34. The molecule has 26 heavy (non-hydrogen) atoms. The number of halogens is 2. The van der Waals surface area contributed by atoms with E-state index in [0.29, 0.717) is 37.6 Å². The topological polar surface area (TPSA) is 65.9 Å². The molecule has 1 atom stereocenters. The van der Waals surface area contributed by atoms with Gasteiger partial charge in [0.2, 0.25) is 0 Å². The summed E-state index contributed by atoms with van der Waals surface area (Å²) in [7, 11) is 1.72. The molecule has 1 aromatic rings. The number of nitrogens with zero attached hydrogens (tertiary/aromatic N) is 1. The molecule has 1 aromatic carbocycles. The molecule has 1 aliphatic rings. The lowest BCUT2D eigenvalue weighted by Crippen LogP contribution is -2.47. The molecule has 2 rings (SSSR count). The Bertz CT molecular complexity index is 590. The second-order valence-corrected chi connectivity index (χ2v) is 7.42. The van der Waals surface area contributed by atoms with Crippen LogP contribution in [-0.4, -0.2) is 51.0 Å². The van der Waals surface area contributed by atoms with Crippen LogP contribution in [0.25, 0.3) is 0 Å². The van der Waals surface area contributed by atoms with Gasteiger partial charge in [0.05, 0.1) is 6.61 Å². The lowest BCUT2D eigenvalue weighted by Gasteiger charge is -2.30. The zero-order valence-electron chi connectivity index (χ0n) is 15.8. The number of aliphatic hydroxyl groups is 1. The smallest absolute Gasteiger partial charge is 0.191 e. The molecule has 1 fully saturated rings. The Balaban J connectivity index is 0.00000338. The van der Waals surface area contributed by atoms with Crippen LogP contribution in [0.3, 0.4) is 0 Å². The number of aliphatic hydroxyl groups excluding tert-OH is 1. The summed E-state index contributed by atoms with van der Waals surface area (Å²) < 4.78 is 19.6. The zero-order valence-corrected chi connectivity index (χ0v) is 18.2. The van der Waals surface area contributed by atoms with E-state index in [0.717, 1.165) is 13.0 Å². The van der Waals surface area contributed by atoms with Gasteiger partial charge in [0.1, 0.15) is 5.82 Å². The van der Waals surface area contributed by atoms with Gasteiger partial charge in [-0.25, -0.2) is 4.39 Å². The molecule has 1 aliphatic heterocycles. The molecule has 5 nitrogen and oxygen atoms in total. The Morgan fingerprint density at radius 3 is 2.65 bits per heavy atom. The number of rotatable bonds is 7. The largest absolute Gasteiger partial charge is 0.396 e. The average molecular weight is 479 g/mol. The van der Waals surface area contributed by atoms with Crippen molar-refractivity contribution in [2.24, 2.45) is 10.4 Å². The average Bonchev–Trinajstić information content (AvgIpc) is 3.04. The number of guanidine groups is 1. The van der Waals surface area contributed by atoms with Gasteiger partial charge in [0.25, 0.3) is 0 Å². The molecular formula is C19H31FIN3O2. The van der Waals surface area contributed by atoms with Crippen molar-refractivity contribution in [3.8, 4) is 0 Å². The molecule has 1 heterocycles. The summed E-state index contributed by atoms with van der Waals surface area (Å²) in [5, 5.41) is 15.9. The van der Waals surface area contributed by atoms with Crippen LogP contribution in [0.5, 0.6) is 0 Å². The fourth-order valence-electron chi connectivity index (χ4n) is 3.21. The summed E-state index contributed by atoms with van der Waals surface area (Å²) >= 11 is 0. The molecule has 7 heteroatoms. The zero-order chi connectivity index (χ0) is 18.3. The fourth-order valence-corrected chi connectivity index (χ4v) is 3.21. The van der Waals surface area contributed by atoms with Crippen LogP contribution in [0.1, 0.15) is 32.3 Å². The predicted molar refractivity (Wildman–Crippen MR) is 114 cm³/mol. The van der Waals surface area contributed by atoms with E-state index >= 15 is 0 Å². The first kappa shape index (κ1) is 23.1. The van der Waals surface area contributed by atoms with E-state index < -0.39 is 0 Å². The molecule has 0 aromatic heterocycles. The van der Waals surface area contributed by atoms with Crippen molar-refractivity contribution in [3.05, 3.63) is 35.6 Å². The van der Waals surface area contributed by atoms with E-state index in [1.165, 1.54) is 6.07 Å². The van der Waals surface area contributed by atoms with Crippen LogP contribution in [0.15, 0.2) is 29.3 Å². The molecule has 148 valence electrons. The molecule has 1 unspecified atom stereocenters. The quantitative estimate of drug-likeness (QED) is 0.320. The Morgan fingerprint density at radius 2 is 2.08 bits per heavy atom. The molecule has 3 N–H and O–H groups in total. The highest BCUT2D eigenvalue weighted by Crippen LogP contribution is 2.31. The maximum Gasteiger partial charge on any atom is 0.191 e. The van der Waals surface area contributed by atoms with Gasteiger partial charge in [-0.2, -0.15) is 0 Å². The molecular weight excluding hydrogens is 448 g/mol. The first-order valence-corrected chi connectivity index (χ1v) is 8.81. The van der Waals surface area contributed by atoms with Crippen molar-refractivity contribution in [1.29, 1.82) is 0 Å². The molecule has 0 aliphatic carbocycles. The van der Waals surface area contributed by atoms with Gasteiger partial charge in [0, 0.05) is 44.2 Å². The van der Waals surface area contributed by atoms with E-state index in [-0.39, 0.29) is 47.2 Å². The number of hydrogen-bond donors (Lipinski definition) is 3. The minimum atomic E-state index is -0.373. The van der Waals surface area contributed by atoms with E-state index in [1.807, 2.05) is 26.0 Å². The summed E-state index contributed by atoms with van der Waals surface area (Å²) in [6.45, 7) is 6.78. The maximum absolute atomic E-state index is 14.1. The van der Waals surface area contributed by atoms with E-state index in [2.05, 4.69) is 15.6 Å². The Kier molecular flexibility index (Phi) is 9.26. The van der Waals surface area contributed by atoms with Crippen molar-refractivity contribution in [2.45, 2.75) is 32.1 Å². The van der Waals surface area contributed by atoms with Gasteiger partial charge in [-0.3, -0.25) is 4.99 Å². The first-order valence-electron chi connectivity index (χ1n) is 8.81. The summed E-state index contributed by atoms with van der Waals surface area (Å²) in [4.78, 5) is 4.26. The molecule has 0 amide bonds. The Hall–Kier alpha value is -0.930. The number of benzene rings is 1. The van der Waals surface area contributed by atoms with Crippen molar-refractivity contribution < 1.29 is 14.2 Å². The molecule has 0 saturated carbocycles. The normalized spacial score (nSPS) is 20.6. The standard InChI is InChI=1S/C19H30FN3O2.HI/c1-18(2,15-6-4-5-7-16(15)20)12-22-17(21-3)23-13-19(8-10-24)9-11-25-14-19;/h4-7,24H,8-14H2,1-3H3,(H2,21,22,23);1H. The summed E-state index contributed by atoms with van der Waals surface area (Å²) in [6, 6.07) is 6.86. The minimum Gasteiger partial charge on any atom is -0.396 e. The number of hydrogen-bond acceptors (Lipinski definition) is 3. The van der Waals surface area contributed by atoms with Crippen molar-refractivity contribution in [3.63, 3.8) is 0 Å². The molecule has 0 bridgehead atoms. The Morgan fingerprint density at radius 1 is 1.35 bits per heavy atom. The van der Waals surface area contributed by atoms with Crippen molar-refractivity contribution in [2.75, 3.05) is 40.0 Å². The van der Waals surface area contributed by atoms with Gasteiger partial charge < -0.3 is 20.5 Å². The number of ether oxygens (including phenoxy) is 1. The minimum absolute atomic E-state index is 0. The summed E-state index contributed by atoms with van der Waals surface area (Å²) in [6.07, 6.45) is 1.63. The van der Waals surface area contributed by atoms with Crippen LogP contribution >= 0.6 is 24.0 Å². The van der Waals surface area contributed by atoms with E-state index in [9.17, 15) is 9.50 Å². The van der Waals surface area contributed by atoms with Crippen LogP contribution in [0, 0.1) is 11.2 Å².